The summed E-state index contributed by atoms with van der Waals surface area (Å²) in [6.45, 7) is 0.226. The van der Waals surface area contributed by atoms with Gasteiger partial charge < -0.3 is 4.57 Å². The quantitative estimate of drug-likeness (QED) is 0.721. The summed E-state index contributed by atoms with van der Waals surface area (Å²) >= 11 is 3.18. The van der Waals surface area contributed by atoms with Crippen LogP contribution in [0, 0.1) is 5.82 Å². The topological polar surface area (TPSA) is 34.9 Å². The van der Waals surface area contributed by atoms with Crippen LogP contribution in [0.4, 0.5) is 4.39 Å². The number of fused-ring (bicyclic) bond motifs is 1. The van der Waals surface area contributed by atoms with E-state index in [1.807, 2.05) is 28.8 Å². The van der Waals surface area contributed by atoms with Crippen molar-refractivity contribution in [2.45, 2.75) is 13.0 Å². The standard InChI is InChI=1S/C16H12BrFN2O/c17-16-11(4-3-5-13(16)18)8-12(21)9-20-10-19-14-6-1-2-7-15(14)20/h1-7,10H,8-9H2. The number of rotatable bonds is 4. The van der Waals surface area contributed by atoms with E-state index in [2.05, 4.69) is 20.9 Å². The molecule has 0 N–H and O–H groups in total. The Morgan fingerprint density at radius 1 is 1.19 bits per heavy atom. The van der Waals surface area contributed by atoms with E-state index in [4.69, 9.17) is 0 Å². The third kappa shape index (κ3) is 2.88. The van der Waals surface area contributed by atoms with Gasteiger partial charge in [0.15, 0.2) is 5.78 Å². The van der Waals surface area contributed by atoms with Gasteiger partial charge >= 0.3 is 0 Å². The molecule has 0 aliphatic carbocycles. The van der Waals surface area contributed by atoms with Gasteiger partial charge in [-0.05, 0) is 39.7 Å². The molecule has 0 atom stereocenters. The number of carbonyl (C=O) groups excluding carboxylic acids is 1. The third-order valence-corrected chi connectivity index (χ3v) is 4.18. The second-order valence-corrected chi connectivity index (χ2v) is 5.58. The lowest BCUT2D eigenvalue weighted by molar-refractivity contribution is -0.118. The fraction of sp³-hybridized carbons (Fsp3) is 0.125. The van der Waals surface area contributed by atoms with Crippen molar-refractivity contribution in [2.24, 2.45) is 0 Å². The molecule has 0 bridgehead atoms. The van der Waals surface area contributed by atoms with Gasteiger partial charge in [-0.1, -0.05) is 24.3 Å². The molecule has 21 heavy (non-hydrogen) atoms. The highest BCUT2D eigenvalue weighted by Gasteiger charge is 2.11. The third-order valence-electron chi connectivity index (χ3n) is 3.29. The summed E-state index contributed by atoms with van der Waals surface area (Å²) in [6, 6.07) is 12.4. The Kier molecular flexibility index (Phi) is 3.84. The summed E-state index contributed by atoms with van der Waals surface area (Å²) < 4.78 is 15.6. The number of para-hydroxylation sites is 2. The summed E-state index contributed by atoms with van der Waals surface area (Å²) in [4.78, 5) is 16.4. The number of carbonyl (C=O) groups is 1. The Morgan fingerprint density at radius 3 is 2.86 bits per heavy atom. The summed E-state index contributed by atoms with van der Waals surface area (Å²) in [5, 5.41) is 0. The highest BCUT2D eigenvalue weighted by molar-refractivity contribution is 9.10. The van der Waals surface area contributed by atoms with Gasteiger partial charge in [0.2, 0.25) is 0 Å². The van der Waals surface area contributed by atoms with Crippen molar-refractivity contribution in [3.8, 4) is 0 Å². The molecular weight excluding hydrogens is 335 g/mol. The predicted molar refractivity (Wildman–Crippen MR) is 82.5 cm³/mol. The second-order valence-electron chi connectivity index (χ2n) is 4.79. The highest BCUT2D eigenvalue weighted by Crippen LogP contribution is 2.21. The summed E-state index contributed by atoms with van der Waals surface area (Å²) in [7, 11) is 0. The van der Waals surface area contributed by atoms with Crippen LogP contribution in [0.2, 0.25) is 0 Å². The van der Waals surface area contributed by atoms with Crippen molar-refractivity contribution in [3.05, 3.63) is 64.6 Å². The van der Waals surface area contributed by atoms with Crippen molar-refractivity contribution in [2.75, 3.05) is 0 Å². The number of benzene rings is 2. The van der Waals surface area contributed by atoms with Gasteiger partial charge in [0.25, 0.3) is 0 Å². The van der Waals surface area contributed by atoms with Crippen LogP contribution in [0.15, 0.2) is 53.3 Å². The van der Waals surface area contributed by atoms with Crippen LogP contribution >= 0.6 is 15.9 Å². The molecule has 0 fully saturated rings. The number of aromatic nitrogens is 2. The summed E-state index contributed by atoms with van der Waals surface area (Å²) in [6.07, 6.45) is 1.84. The minimum absolute atomic E-state index is 0.00412. The van der Waals surface area contributed by atoms with E-state index in [-0.39, 0.29) is 24.6 Å². The number of Topliss-reactive ketones (excluding diaryl/α,β-unsaturated/α-hetero) is 1. The first kappa shape index (κ1) is 13.9. The molecule has 3 nitrogen and oxygen atoms in total. The molecule has 5 heteroatoms. The molecule has 2 aromatic carbocycles. The molecule has 0 spiro atoms. The minimum atomic E-state index is -0.353. The molecule has 0 aliphatic heterocycles. The molecule has 1 aromatic heterocycles. The van der Waals surface area contributed by atoms with Crippen molar-refractivity contribution < 1.29 is 9.18 Å². The van der Waals surface area contributed by atoms with Gasteiger partial charge in [0, 0.05) is 6.42 Å². The normalized spacial score (nSPS) is 11.0. The van der Waals surface area contributed by atoms with Gasteiger partial charge in [0.05, 0.1) is 28.4 Å². The maximum absolute atomic E-state index is 13.4. The Balaban J connectivity index is 1.79. The lowest BCUT2D eigenvalue weighted by atomic mass is 10.1. The lowest BCUT2D eigenvalue weighted by Gasteiger charge is -2.06. The van der Waals surface area contributed by atoms with Gasteiger partial charge in [-0.15, -0.1) is 0 Å². The number of ketones is 1. The average Bonchev–Trinajstić information content (AvgIpc) is 2.87. The van der Waals surface area contributed by atoms with Crippen molar-refractivity contribution in [1.29, 1.82) is 0 Å². The fourth-order valence-corrected chi connectivity index (χ4v) is 2.68. The lowest BCUT2D eigenvalue weighted by Crippen LogP contribution is -2.12. The fourth-order valence-electron chi connectivity index (χ4n) is 2.28. The number of hydrogen-bond donors (Lipinski definition) is 0. The van der Waals surface area contributed by atoms with E-state index < -0.39 is 0 Å². The number of hydrogen-bond acceptors (Lipinski definition) is 2. The molecule has 3 aromatic rings. The van der Waals surface area contributed by atoms with Crippen LogP contribution in [0.1, 0.15) is 5.56 Å². The molecule has 1 heterocycles. The smallest absolute Gasteiger partial charge is 0.156 e. The van der Waals surface area contributed by atoms with Crippen molar-refractivity contribution in [1.82, 2.24) is 9.55 Å². The largest absolute Gasteiger partial charge is 0.323 e. The average molecular weight is 347 g/mol. The van der Waals surface area contributed by atoms with E-state index in [1.54, 1.807) is 18.5 Å². The Bertz CT molecular complexity index is 813. The van der Waals surface area contributed by atoms with E-state index in [9.17, 15) is 9.18 Å². The number of nitrogens with zero attached hydrogens (tertiary/aromatic N) is 2. The number of imidazole rings is 1. The van der Waals surface area contributed by atoms with Crippen LogP contribution in [-0.2, 0) is 17.8 Å². The first-order chi connectivity index (χ1) is 10.1. The zero-order valence-corrected chi connectivity index (χ0v) is 12.7. The van der Waals surface area contributed by atoms with Crippen molar-refractivity contribution in [3.63, 3.8) is 0 Å². The zero-order chi connectivity index (χ0) is 14.8. The maximum Gasteiger partial charge on any atom is 0.156 e. The summed E-state index contributed by atoms with van der Waals surface area (Å²) in [5.74, 6) is -0.349. The molecule has 0 aliphatic rings. The summed E-state index contributed by atoms with van der Waals surface area (Å²) in [5.41, 5.74) is 2.44. The SMILES string of the molecule is O=C(Cc1cccc(F)c1Br)Cn1cnc2ccccc21. The zero-order valence-electron chi connectivity index (χ0n) is 11.1. The van der Waals surface area contributed by atoms with Crippen molar-refractivity contribution >= 4 is 32.7 Å². The molecule has 0 radical (unpaired) electrons. The molecule has 0 amide bonds. The van der Waals surface area contributed by atoms with Gasteiger partial charge in [-0.25, -0.2) is 9.37 Å². The molecule has 0 unspecified atom stereocenters. The van der Waals surface area contributed by atoms with Crippen LogP contribution < -0.4 is 0 Å². The molecule has 0 saturated heterocycles. The van der Waals surface area contributed by atoms with Crippen LogP contribution in [0.5, 0.6) is 0 Å². The van der Waals surface area contributed by atoms with E-state index in [0.29, 0.717) is 10.0 Å². The second kappa shape index (κ2) is 5.77. The molecule has 106 valence electrons. The Hall–Kier alpha value is -2.01. The van der Waals surface area contributed by atoms with Crippen LogP contribution in [0.25, 0.3) is 11.0 Å². The number of halogens is 2. The van der Waals surface area contributed by atoms with Gasteiger partial charge in [-0.3, -0.25) is 4.79 Å². The molecule has 3 rings (SSSR count). The van der Waals surface area contributed by atoms with E-state index >= 15 is 0 Å². The molecular formula is C16H12BrFN2O. The maximum atomic E-state index is 13.4. The minimum Gasteiger partial charge on any atom is -0.323 e. The first-order valence-electron chi connectivity index (χ1n) is 6.49. The predicted octanol–water partition coefficient (Wildman–Crippen LogP) is 3.75. The highest BCUT2D eigenvalue weighted by atomic mass is 79.9. The van der Waals surface area contributed by atoms with E-state index in [0.717, 1.165) is 11.0 Å². The molecule has 0 saturated carbocycles. The van der Waals surface area contributed by atoms with Gasteiger partial charge in [-0.2, -0.15) is 0 Å². The Morgan fingerprint density at radius 2 is 2.00 bits per heavy atom. The van der Waals surface area contributed by atoms with Crippen LogP contribution in [-0.4, -0.2) is 15.3 Å². The Labute approximate surface area is 129 Å². The first-order valence-corrected chi connectivity index (χ1v) is 7.29. The van der Waals surface area contributed by atoms with Crippen LogP contribution in [0.3, 0.4) is 0 Å². The van der Waals surface area contributed by atoms with Gasteiger partial charge in [0.1, 0.15) is 5.82 Å². The van der Waals surface area contributed by atoms with E-state index in [1.165, 1.54) is 6.07 Å². The monoisotopic (exact) mass is 346 g/mol.